The van der Waals surface area contributed by atoms with Crippen LogP contribution in [-0.2, 0) is 3.08 Å². The molecule has 0 saturated carbocycles. The second kappa shape index (κ2) is 18.6. The molecule has 0 aliphatic rings. The van der Waals surface area contributed by atoms with Crippen LogP contribution in [-0.4, -0.2) is 19.7 Å². The Morgan fingerprint density at radius 1 is 0.579 bits per heavy atom. The Kier molecular flexibility index (Phi) is 21.3. The topological polar surface area (TPSA) is 52.1 Å². The molecule has 0 amide bonds. The van der Waals surface area contributed by atoms with Gasteiger partial charge in [-0.2, -0.15) is 0 Å². The van der Waals surface area contributed by atoms with E-state index in [4.69, 9.17) is 0 Å². The van der Waals surface area contributed by atoms with Gasteiger partial charge in [-0.05, 0) is 0 Å². The van der Waals surface area contributed by atoms with Crippen LogP contribution in [0.1, 0.15) is 90.9 Å². The molecule has 0 rings (SSSR count). The van der Waals surface area contributed by atoms with Gasteiger partial charge in [-0.3, -0.25) is 0 Å². The predicted octanol–water partition coefficient (Wildman–Crippen LogP) is 6.29. The van der Waals surface area contributed by atoms with Gasteiger partial charge in [-0.15, -0.1) is 0 Å². The van der Waals surface area contributed by atoms with E-state index in [0.717, 1.165) is 8.87 Å². The Bertz CT molecular complexity index is 168. The summed E-state index contributed by atoms with van der Waals surface area (Å²) < 4.78 is 14.1. The Morgan fingerprint density at radius 2 is 0.895 bits per heavy atom. The molecule has 0 fully saturated rings. The summed E-state index contributed by atoms with van der Waals surface area (Å²) >= 11 is -2.11. The SMILES string of the molecule is CCCCCCC[CH2][Sn](=[O])[CH2]CCCCCCC.N. The molecule has 0 aliphatic heterocycles. The molecule has 0 spiro atoms. The minimum absolute atomic E-state index is 0. The molecule has 0 aromatic carbocycles. The molecule has 0 aliphatic carbocycles. The zero-order valence-electron chi connectivity index (χ0n) is 13.5. The van der Waals surface area contributed by atoms with E-state index < -0.39 is 19.7 Å². The van der Waals surface area contributed by atoms with Gasteiger partial charge in [0.2, 0.25) is 0 Å². The van der Waals surface area contributed by atoms with Crippen LogP contribution in [0.5, 0.6) is 0 Å². The van der Waals surface area contributed by atoms with Crippen molar-refractivity contribution in [1.82, 2.24) is 6.15 Å². The molecule has 0 saturated heterocycles. The van der Waals surface area contributed by atoms with E-state index in [1.54, 1.807) is 0 Å². The van der Waals surface area contributed by atoms with Crippen molar-refractivity contribution in [2.75, 3.05) is 0 Å². The van der Waals surface area contributed by atoms with Crippen molar-refractivity contribution in [2.24, 2.45) is 0 Å². The van der Waals surface area contributed by atoms with Crippen molar-refractivity contribution in [1.29, 1.82) is 0 Å². The molecule has 3 heteroatoms. The second-order valence-corrected chi connectivity index (χ2v) is 11.5. The van der Waals surface area contributed by atoms with E-state index in [2.05, 4.69) is 13.8 Å². The smallest absolute Gasteiger partial charge is 0.344 e. The minimum atomic E-state index is -2.11. The van der Waals surface area contributed by atoms with Crippen LogP contribution in [0.2, 0.25) is 8.87 Å². The number of hydrogen-bond acceptors (Lipinski definition) is 2. The largest absolute Gasteiger partial charge is 0.344 e. The van der Waals surface area contributed by atoms with Gasteiger partial charge in [0.05, 0.1) is 0 Å². The maximum atomic E-state index is 11.9. The zero-order valence-corrected chi connectivity index (χ0v) is 16.4. The fourth-order valence-corrected chi connectivity index (χ4v) is 6.72. The van der Waals surface area contributed by atoms with E-state index in [9.17, 15) is 3.08 Å². The quantitative estimate of drug-likeness (QED) is 0.285. The maximum absolute atomic E-state index is 11.9. The standard InChI is InChI=1S/2C8H17.H3N.O.Sn/c2*1-3-5-7-8-6-4-2;;;/h2*1,3-8H2,2H3;1H3;;. The van der Waals surface area contributed by atoms with Gasteiger partial charge in [-0.1, -0.05) is 0 Å². The normalized spacial score (nSPS) is 10.2. The molecule has 0 atom stereocenters. The summed E-state index contributed by atoms with van der Waals surface area (Å²) in [7, 11) is 0. The summed E-state index contributed by atoms with van der Waals surface area (Å²) in [6.45, 7) is 4.51. The van der Waals surface area contributed by atoms with Crippen molar-refractivity contribution in [3.8, 4) is 0 Å². The molecule has 0 aromatic heterocycles. The van der Waals surface area contributed by atoms with Crippen LogP contribution in [0.4, 0.5) is 0 Å². The molecule has 0 unspecified atom stereocenters. The first-order chi connectivity index (χ1) is 8.81. The van der Waals surface area contributed by atoms with Crippen molar-refractivity contribution >= 4 is 19.7 Å². The molecule has 0 aromatic rings. The summed E-state index contributed by atoms with van der Waals surface area (Å²) in [5, 5.41) is 0. The molecule has 0 bridgehead atoms. The van der Waals surface area contributed by atoms with Gasteiger partial charge >= 0.3 is 123 Å². The van der Waals surface area contributed by atoms with E-state index in [-0.39, 0.29) is 6.15 Å². The third kappa shape index (κ3) is 18.6. The first-order valence-corrected chi connectivity index (χ1v) is 13.5. The van der Waals surface area contributed by atoms with Crippen LogP contribution >= 0.6 is 0 Å². The van der Waals surface area contributed by atoms with Crippen LogP contribution in [0, 0.1) is 0 Å². The van der Waals surface area contributed by atoms with Crippen molar-refractivity contribution in [3.63, 3.8) is 0 Å². The Hall–Kier alpha value is 0.559. The van der Waals surface area contributed by atoms with Crippen molar-refractivity contribution < 1.29 is 3.08 Å². The van der Waals surface area contributed by atoms with Gasteiger partial charge < -0.3 is 6.15 Å². The van der Waals surface area contributed by atoms with E-state index in [0.29, 0.717) is 0 Å². The average molecular weight is 378 g/mol. The van der Waals surface area contributed by atoms with Gasteiger partial charge in [0.15, 0.2) is 0 Å². The first-order valence-electron chi connectivity index (χ1n) is 8.33. The predicted molar refractivity (Wildman–Crippen MR) is 87.8 cm³/mol. The van der Waals surface area contributed by atoms with Crippen LogP contribution in [0.15, 0.2) is 0 Å². The fraction of sp³-hybridized carbons (Fsp3) is 1.00. The molecule has 3 N–H and O–H groups in total. The Morgan fingerprint density at radius 3 is 1.26 bits per heavy atom. The van der Waals surface area contributed by atoms with E-state index in [1.807, 2.05) is 0 Å². The van der Waals surface area contributed by atoms with E-state index in [1.165, 1.54) is 77.0 Å². The summed E-state index contributed by atoms with van der Waals surface area (Å²) in [4.78, 5) is 0. The summed E-state index contributed by atoms with van der Waals surface area (Å²) in [5.74, 6) is 0. The first kappa shape index (κ1) is 21.8. The summed E-state index contributed by atoms with van der Waals surface area (Å²) in [5.41, 5.74) is 0. The Balaban J connectivity index is 0. The minimum Gasteiger partial charge on any atom is -0.344 e. The van der Waals surface area contributed by atoms with Gasteiger partial charge in [0, 0.05) is 0 Å². The van der Waals surface area contributed by atoms with Crippen LogP contribution < -0.4 is 6.15 Å². The fourth-order valence-electron chi connectivity index (χ4n) is 2.33. The van der Waals surface area contributed by atoms with Crippen LogP contribution in [0.25, 0.3) is 0 Å². The number of unbranched alkanes of at least 4 members (excludes halogenated alkanes) is 10. The van der Waals surface area contributed by atoms with Gasteiger partial charge in [-0.25, -0.2) is 0 Å². The molecule has 2 nitrogen and oxygen atoms in total. The average Bonchev–Trinajstić information content (AvgIpc) is 2.38. The van der Waals surface area contributed by atoms with E-state index >= 15 is 0 Å². The molecule has 0 radical (unpaired) electrons. The maximum Gasteiger partial charge on any atom is -0.344 e. The van der Waals surface area contributed by atoms with Gasteiger partial charge in [0.1, 0.15) is 0 Å². The third-order valence-corrected chi connectivity index (χ3v) is 8.82. The molecule has 116 valence electrons. The zero-order chi connectivity index (χ0) is 13.5. The van der Waals surface area contributed by atoms with Crippen molar-refractivity contribution in [2.45, 2.75) is 99.8 Å². The van der Waals surface area contributed by atoms with Gasteiger partial charge in [0.25, 0.3) is 0 Å². The summed E-state index contributed by atoms with van der Waals surface area (Å²) in [6, 6.07) is 0. The number of hydrogen-bond donors (Lipinski definition) is 1. The molecule has 19 heavy (non-hydrogen) atoms. The van der Waals surface area contributed by atoms with Crippen LogP contribution in [0.3, 0.4) is 0 Å². The Labute approximate surface area is 128 Å². The number of rotatable bonds is 14. The monoisotopic (exact) mass is 379 g/mol. The third-order valence-electron chi connectivity index (χ3n) is 3.62. The molecular weight excluding hydrogens is 341 g/mol. The molecular formula is C16H37NOSn. The van der Waals surface area contributed by atoms with Crippen molar-refractivity contribution in [3.05, 3.63) is 0 Å². The second-order valence-electron chi connectivity index (χ2n) is 5.57. The summed E-state index contributed by atoms with van der Waals surface area (Å²) in [6.07, 6.45) is 16.0. The molecule has 0 heterocycles.